The normalized spacial score (nSPS) is 17.1. The van der Waals surface area contributed by atoms with E-state index in [1.807, 2.05) is 11.9 Å². The van der Waals surface area contributed by atoms with E-state index in [-0.39, 0.29) is 5.82 Å². The Balaban J connectivity index is 2.25. The zero-order valence-corrected chi connectivity index (χ0v) is 10.3. The molecular formula is C11H18N4O2. The van der Waals surface area contributed by atoms with Crippen LogP contribution in [0.4, 0.5) is 11.6 Å². The van der Waals surface area contributed by atoms with E-state index in [1.54, 1.807) is 11.6 Å². The van der Waals surface area contributed by atoms with Crippen molar-refractivity contribution < 1.29 is 4.92 Å². The first-order chi connectivity index (χ1) is 8.11. The van der Waals surface area contributed by atoms with Crippen molar-refractivity contribution in [3.05, 3.63) is 16.4 Å². The first-order valence-electron chi connectivity index (χ1n) is 6.00. The summed E-state index contributed by atoms with van der Waals surface area (Å²) in [6.45, 7) is 0. The van der Waals surface area contributed by atoms with Gasteiger partial charge in [-0.3, -0.25) is 4.57 Å². The number of imidazole rings is 1. The Labute approximate surface area is 100 Å². The van der Waals surface area contributed by atoms with Crippen molar-refractivity contribution in [1.29, 1.82) is 0 Å². The van der Waals surface area contributed by atoms with Crippen LogP contribution in [0.5, 0.6) is 0 Å². The first kappa shape index (κ1) is 11.9. The van der Waals surface area contributed by atoms with Crippen LogP contribution in [0.2, 0.25) is 0 Å². The summed E-state index contributed by atoms with van der Waals surface area (Å²) in [5.41, 5.74) is 0. The zero-order chi connectivity index (χ0) is 12.4. The first-order valence-corrected chi connectivity index (χ1v) is 6.00. The third-order valence-corrected chi connectivity index (χ3v) is 3.52. The van der Waals surface area contributed by atoms with E-state index in [2.05, 4.69) is 4.98 Å². The fourth-order valence-corrected chi connectivity index (χ4v) is 2.59. The summed E-state index contributed by atoms with van der Waals surface area (Å²) in [6, 6.07) is 0.401. The lowest BCUT2D eigenvalue weighted by molar-refractivity contribution is -0.388. The molecule has 0 atom stereocenters. The third kappa shape index (κ3) is 2.25. The molecule has 0 bridgehead atoms. The summed E-state index contributed by atoms with van der Waals surface area (Å²) in [7, 11) is 3.73. The maximum absolute atomic E-state index is 10.9. The molecule has 2 rings (SSSR count). The average molecular weight is 238 g/mol. The SMILES string of the molecule is CN(c1c([N+](=O)[O-])ncn1C)C1CCCCC1. The Kier molecular flexibility index (Phi) is 3.31. The summed E-state index contributed by atoms with van der Waals surface area (Å²) >= 11 is 0. The van der Waals surface area contributed by atoms with Gasteiger partial charge in [0.1, 0.15) is 0 Å². The van der Waals surface area contributed by atoms with E-state index in [0.717, 1.165) is 12.8 Å². The molecule has 94 valence electrons. The molecule has 1 aromatic rings. The molecule has 0 aromatic carbocycles. The van der Waals surface area contributed by atoms with E-state index in [1.165, 1.54) is 25.6 Å². The summed E-state index contributed by atoms with van der Waals surface area (Å²) in [4.78, 5) is 16.4. The number of nitro groups is 1. The van der Waals surface area contributed by atoms with Gasteiger partial charge >= 0.3 is 5.82 Å². The predicted molar refractivity (Wildman–Crippen MR) is 65.1 cm³/mol. The molecule has 0 amide bonds. The smallest absolute Gasteiger partial charge is 0.358 e. The molecule has 6 heteroatoms. The van der Waals surface area contributed by atoms with E-state index < -0.39 is 4.92 Å². The van der Waals surface area contributed by atoms with Gasteiger partial charge in [0.2, 0.25) is 12.1 Å². The quantitative estimate of drug-likeness (QED) is 0.597. The Morgan fingerprint density at radius 2 is 2.12 bits per heavy atom. The highest BCUT2D eigenvalue weighted by molar-refractivity contribution is 5.54. The fraction of sp³-hybridized carbons (Fsp3) is 0.727. The molecule has 1 fully saturated rings. The molecule has 17 heavy (non-hydrogen) atoms. The lowest BCUT2D eigenvalue weighted by Gasteiger charge is -2.31. The second-order valence-electron chi connectivity index (χ2n) is 4.66. The molecule has 1 aliphatic carbocycles. The highest BCUT2D eigenvalue weighted by Gasteiger charge is 2.28. The van der Waals surface area contributed by atoms with Crippen LogP contribution in [0.25, 0.3) is 0 Å². The van der Waals surface area contributed by atoms with E-state index in [9.17, 15) is 10.1 Å². The number of hydrogen-bond donors (Lipinski definition) is 0. The summed E-state index contributed by atoms with van der Waals surface area (Å²) < 4.78 is 1.73. The minimum atomic E-state index is -0.408. The molecular weight excluding hydrogens is 220 g/mol. The molecule has 1 heterocycles. The van der Waals surface area contributed by atoms with Gasteiger partial charge in [0, 0.05) is 20.1 Å². The molecule has 1 saturated carbocycles. The largest absolute Gasteiger partial charge is 0.406 e. The van der Waals surface area contributed by atoms with Crippen molar-refractivity contribution >= 4 is 11.6 Å². The molecule has 1 aromatic heterocycles. The Hall–Kier alpha value is -1.59. The van der Waals surface area contributed by atoms with Crippen molar-refractivity contribution in [3.63, 3.8) is 0 Å². The van der Waals surface area contributed by atoms with Gasteiger partial charge in [-0.05, 0) is 22.7 Å². The third-order valence-electron chi connectivity index (χ3n) is 3.52. The molecule has 6 nitrogen and oxygen atoms in total. The molecule has 0 spiro atoms. The van der Waals surface area contributed by atoms with Gasteiger partial charge in [0.15, 0.2) is 0 Å². The topological polar surface area (TPSA) is 64.2 Å². The second kappa shape index (κ2) is 4.73. The lowest BCUT2D eigenvalue weighted by atomic mass is 9.94. The van der Waals surface area contributed by atoms with Crippen LogP contribution in [-0.4, -0.2) is 27.6 Å². The molecule has 1 aliphatic rings. The number of aryl methyl sites for hydroxylation is 1. The van der Waals surface area contributed by atoms with Gasteiger partial charge in [0.05, 0.1) is 0 Å². The molecule has 0 unspecified atom stereocenters. The van der Waals surface area contributed by atoms with Crippen LogP contribution in [0, 0.1) is 10.1 Å². The van der Waals surface area contributed by atoms with Crippen LogP contribution in [0.1, 0.15) is 32.1 Å². The highest BCUT2D eigenvalue weighted by Crippen LogP contribution is 2.31. The number of hydrogen-bond acceptors (Lipinski definition) is 4. The zero-order valence-electron chi connectivity index (χ0n) is 10.3. The summed E-state index contributed by atoms with van der Waals surface area (Å²) in [5, 5.41) is 10.9. The number of nitrogens with zero attached hydrogens (tertiary/aromatic N) is 4. The average Bonchev–Trinajstić information content (AvgIpc) is 2.71. The summed E-state index contributed by atoms with van der Waals surface area (Å²) in [5.74, 6) is 0.572. The van der Waals surface area contributed by atoms with E-state index >= 15 is 0 Å². The molecule has 0 saturated heterocycles. The van der Waals surface area contributed by atoms with Crippen LogP contribution in [-0.2, 0) is 7.05 Å². The Morgan fingerprint density at radius 3 is 2.71 bits per heavy atom. The number of aromatic nitrogens is 2. The van der Waals surface area contributed by atoms with Crippen LogP contribution >= 0.6 is 0 Å². The van der Waals surface area contributed by atoms with Crippen molar-refractivity contribution in [2.24, 2.45) is 7.05 Å². The molecule has 0 N–H and O–H groups in total. The van der Waals surface area contributed by atoms with Gasteiger partial charge in [-0.15, -0.1) is 0 Å². The van der Waals surface area contributed by atoms with Gasteiger partial charge in [-0.25, -0.2) is 0 Å². The second-order valence-corrected chi connectivity index (χ2v) is 4.66. The van der Waals surface area contributed by atoms with Crippen LogP contribution in [0.3, 0.4) is 0 Å². The Morgan fingerprint density at radius 1 is 1.47 bits per heavy atom. The summed E-state index contributed by atoms with van der Waals surface area (Å²) in [6.07, 6.45) is 7.42. The lowest BCUT2D eigenvalue weighted by Crippen LogP contribution is -2.34. The minimum Gasteiger partial charge on any atom is -0.358 e. The molecule has 0 aliphatic heterocycles. The van der Waals surface area contributed by atoms with Crippen molar-refractivity contribution in [2.75, 3.05) is 11.9 Å². The highest BCUT2D eigenvalue weighted by atomic mass is 16.6. The van der Waals surface area contributed by atoms with Crippen LogP contribution < -0.4 is 4.90 Å². The number of rotatable bonds is 3. The maximum Gasteiger partial charge on any atom is 0.406 e. The van der Waals surface area contributed by atoms with E-state index in [4.69, 9.17) is 0 Å². The fourth-order valence-electron chi connectivity index (χ4n) is 2.59. The number of anilines is 1. The maximum atomic E-state index is 10.9. The molecule has 0 radical (unpaired) electrons. The van der Waals surface area contributed by atoms with Gasteiger partial charge in [-0.2, -0.15) is 0 Å². The van der Waals surface area contributed by atoms with Gasteiger partial charge in [-0.1, -0.05) is 19.3 Å². The standard InChI is InChI=1S/C11H18N4O2/c1-13-8-12-10(15(16)17)11(13)14(2)9-6-4-3-5-7-9/h8-9H,3-7H2,1-2H3. The van der Waals surface area contributed by atoms with Crippen molar-refractivity contribution in [3.8, 4) is 0 Å². The predicted octanol–water partition coefficient (Wildman–Crippen LogP) is 2.10. The minimum absolute atomic E-state index is 0.0411. The Bertz CT molecular complexity index is 410. The van der Waals surface area contributed by atoms with Gasteiger partial charge < -0.3 is 15.0 Å². The van der Waals surface area contributed by atoms with Crippen LogP contribution in [0.15, 0.2) is 6.33 Å². The van der Waals surface area contributed by atoms with Crippen molar-refractivity contribution in [1.82, 2.24) is 9.55 Å². The van der Waals surface area contributed by atoms with E-state index in [0.29, 0.717) is 11.9 Å². The monoisotopic (exact) mass is 238 g/mol. The van der Waals surface area contributed by atoms with Crippen molar-refractivity contribution in [2.45, 2.75) is 38.1 Å². The van der Waals surface area contributed by atoms with Gasteiger partial charge in [0.25, 0.3) is 0 Å².